The van der Waals surface area contributed by atoms with Crippen molar-refractivity contribution in [2.75, 3.05) is 17.7 Å². The summed E-state index contributed by atoms with van der Waals surface area (Å²) in [5.41, 5.74) is -0.374. The lowest BCUT2D eigenvalue weighted by Gasteiger charge is -2.30. The summed E-state index contributed by atoms with van der Waals surface area (Å²) in [5.74, 6) is 2.16. The number of sulfonamides is 1. The number of nitrogens with zero attached hydrogens (tertiary/aromatic N) is 3. The van der Waals surface area contributed by atoms with Crippen molar-refractivity contribution in [2.45, 2.75) is 56.8 Å². The van der Waals surface area contributed by atoms with Gasteiger partial charge < -0.3 is 20.2 Å². The van der Waals surface area contributed by atoms with Crippen molar-refractivity contribution < 1.29 is 17.9 Å². The van der Waals surface area contributed by atoms with Crippen LogP contribution in [-0.4, -0.2) is 39.2 Å². The van der Waals surface area contributed by atoms with E-state index in [2.05, 4.69) is 19.4 Å². The normalized spacial score (nSPS) is 13.5. The monoisotopic (exact) mass is 485 g/mol. The molecule has 0 amide bonds. The van der Waals surface area contributed by atoms with Gasteiger partial charge in [0, 0.05) is 18.0 Å². The van der Waals surface area contributed by atoms with Crippen LogP contribution in [0.3, 0.4) is 0 Å². The van der Waals surface area contributed by atoms with Crippen molar-refractivity contribution >= 4 is 50.4 Å². The van der Waals surface area contributed by atoms with Crippen molar-refractivity contribution in [3.63, 3.8) is 0 Å². The van der Waals surface area contributed by atoms with Gasteiger partial charge in [-0.05, 0) is 46.2 Å². The van der Waals surface area contributed by atoms with Gasteiger partial charge in [0.05, 0.1) is 23.5 Å². The second-order valence-electron chi connectivity index (χ2n) is 8.07. The Hall–Kier alpha value is -2.15. The zero-order chi connectivity index (χ0) is 23.0. The highest BCUT2D eigenvalue weighted by Crippen LogP contribution is 2.42. The lowest BCUT2D eigenvalue weighted by molar-refractivity contribution is 0.291. The van der Waals surface area contributed by atoms with E-state index in [1.54, 1.807) is 26.2 Å². The molecule has 0 aliphatic heterocycles. The molecule has 3 aromatic rings. The van der Waals surface area contributed by atoms with Crippen LogP contribution in [0.2, 0.25) is 0 Å². The molecule has 1 atom stereocenters. The van der Waals surface area contributed by atoms with Crippen molar-refractivity contribution in [3.8, 4) is 5.75 Å². The standard InChI is InChI=1S/C19H27N5O4S3/c1-7-12(14-9-8-11(2)28-14)20-16-17(23-30-22-16)21-13-10-29-18(15(13)25)31(26,27)24(6)19(3,4)5/h8-10,12,25H,7H2,1-6H3,(H,20,22)(H,21,23)/t12-/m1/s1. The van der Waals surface area contributed by atoms with Crippen molar-refractivity contribution in [1.82, 2.24) is 13.1 Å². The summed E-state index contributed by atoms with van der Waals surface area (Å²) >= 11 is 1.96. The third-order valence-corrected chi connectivity index (χ3v) is 8.98. The van der Waals surface area contributed by atoms with E-state index in [-0.39, 0.29) is 21.7 Å². The summed E-state index contributed by atoms with van der Waals surface area (Å²) in [5, 5.41) is 18.5. The maximum Gasteiger partial charge on any atom is 0.256 e. The molecule has 0 radical (unpaired) electrons. The molecule has 0 fully saturated rings. The molecule has 0 unspecified atom stereocenters. The SMILES string of the molecule is CC[C@@H](Nc1nsnc1Nc1csc(S(=O)(=O)N(C)C(C)(C)C)c1O)c1ccc(C)o1. The summed E-state index contributed by atoms with van der Waals surface area (Å²) in [6, 6.07) is 3.71. The number of aromatic nitrogens is 2. The van der Waals surface area contributed by atoms with E-state index in [1.807, 2.05) is 26.0 Å². The van der Waals surface area contributed by atoms with E-state index < -0.39 is 15.6 Å². The van der Waals surface area contributed by atoms with Gasteiger partial charge in [-0.15, -0.1) is 11.3 Å². The molecule has 31 heavy (non-hydrogen) atoms. The summed E-state index contributed by atoms with van der Waals surface area (Å²) < 4.78 is 41.2. The Balaban J connectivity index is 1.83. The molecule has 3 heterocycles. The van der Waals surface area contributed by atoms with Crippen molar-refractivity contribution in [2.24, 2.45) is 0 Å². The van der Waals surface area contributed by atoms with Gasteiger partial charge in [-0.25, -0.2) is 8.42 Å². The molecule has 3 rings (SSSR count). The molecule has 0 spiro atoms. The molecule has 3 N–H and O–H groups in total. The minimum Gasteiger partial charge on any atom is -0.504 e. The Morgan fingerprint density at radius 1 is 1.26 bits per heavy atom. The molecular formula is C19H27N5O4S3. The molecule has 0 aromatic carbocycles. The first-order chi connectivity index (χ1) is 14.4. The maximum absolute atomic E-state index is 12.9. The van der Waals surface area contributed by atoms with Gasteiger partial charge in [-0.1, -0.05) is 6.92 Å². The molecule has 0 bridgehead atoms. The minimum absolute atomic E-state index is 0.106. The molecule has 0 aliphatic rings. The van der Waals surface area contributed by atoms with E-state index in [9.17, 15) is 13.5 Å². The van der Waals surface area contributed by atoms with Crippen LogP contribution in [0.1, 0.15) is 51.7 Å². The van der Waals surface area contributed by atoms with Crippen molar-refractivity contribution in [3.05, 3.63) is 29.0 Å². The fourth-order valence-electron chi connectivity index (χ4n) is 2.76. The van der Waals surface area contributed by atoms with Gasteiger partial charge in [0.1, 0.15) is 11.5 Å². The average Bonchev–Trinajstić information content (AvgIpc) is 3.40. The van der Waals surface area contributed by atoms with Gasteiger partial charge in [-0.2, -0.15) is 13.1 Å². The Kier molecular flexibility index (Phi) is 6.65. The van der Waals surface area contributed by atoms with E-state index in [0.29, 0.717) is 11.6 Å². The molecule has 0 aliphatic carbocycles. The van der Waals surface area contributed by atoms with Gasteiger partial charge in [0.2, 0.25) is 0 Å². The lowest BCUT2D eigenvalue weighted by Crippen LogP contribution is -2.42. The number of hydrogen-bond acceptors (Lipinski definition) is 10. The van der Waals surface area contributed by atoms with Gasteiger partial charge in [0.15, 0.2) is 21.6 Å². The lowest BCUT2D eigenvalue weighted by atomic mass is 10.1. The number of aromatic hydroxyl groups is 1. The van der Waals surface area contributed by atoms with Crippen LogP contribution < -0.4 is 10.6 Å². The summed E-state index contributed by atoms with van der Waals surface area (Å²) in [6.45, 7) is 9.28. The van der Waals surface area contributed by atoms with Crippen LogP contribution in [-0.2, 0) is 10.0 Å². The summed E-state index contributed by atoms with van der Waals surface area (Å²) in [4.78, 5) is 0. The molecule has 170 valence electrons. The summed E-state index contributed by atoms with van der Waals surface area (Å²) in [7, 11) is -2.36. The molecule has 12 heteroatoms. The van der Waals surface area contributed by atoms with E-state index in [4.69, 9.17) is 4.42 Å². The molecule has 3 aromatic heterocycles. The number of aryl methyl sites for hydroxylation is 1. The molecule has 0 saturated heterocycles. The molecular weight excluding hydrogens is 458 g/mol. The number of nitrogens with one attached hydrogen (secondary N) is 2. The van der Waals surface area contributed by atoms with Gasteiger partial charge >= 0.3 is 0 Å². The number of anilines is 3. The minimum atomic E-state index is -3.85. The highest BCUT2D eigenvalue weighted by Gasteiger charge is 2.34. The number of hydrogen-bond donors (Lipinski definition) is 3. The Labute approximate surface area is 190 Å². The number of furan rings is 1. The predicted molar refractivity (Wildman–Crippen MR) is 124 cm³/mol. The van der Waals surface area contributed by atoms with Crippen LogP contribution in [0.25, 0.3) is 0 Å². The summed E-state index contributed by atoms with van der Waals surface area (Å²) in [6.07, 6.45) is 0.759. The van der Waals surface area contributed by atoms with Gasteiger partial charge in [-0.3, -0.25) is 0 Å². The third kappa shape index (κ3) is 4.86. The van der Waals surface area contributed by atoms with E-state index in [0.717, 1.165) is 41.0 Å². The third-order valence-electron chi connectivity index (χ3n) is 4.84. The van der Waals surface area contributed by atoms with Crippen LogP contribution >= 0.6 is 23.1 Å². The van der Waals surface area contributed by atoms with Crippen molar-refractivity contribution in [1.29, 1.82) is 0 Å². The first-order valence-corrected chi connectivity index (χ1v) is 12.7. The predicted octanol–water partition coefficient (Wildman–Crippen LogP) is 4.93. The Morgan fingerprint density at radius 3 is 2.52 bits per heavy atom. The largest absolute Gasteiger partial charge is 0.504 e. The zero-order valence-electron chi connectivity index (χ0n) is 18.3. The van der Waals surface area contributed by atoms with Crippen LogP contribution in [0.5, 0.6) is 5.75 Å². The molecule has 0 saturated carbocycles. The number of thiophene rings is 1. The Bertz CT molecular complexity index is 1140. The van der Waals surface area contributed by atoms with Crippen LogP contribution in [0, 0.1) is 6.92 Å². The maximum atomic E-state index is 12.9. The zero-order valence-corrected chi connectivity index (χ0v) is 20.7. The topological polar surface area (TPSA) is 121 Å². The van der Waals surface area contributed by atoms with E-state index in [1.165, 1.54) is 11.4 Å². The fraction of sp³-hybridized carbons (Fsp3) is 0.474. The smallest absolute Gasteiger partial charge is 0.256 e. The first-order valence-electron chi connectivity index (χ1n) is 9.67. The second-order valence-corrected chi connectivity index (χ2v) is 11.6. The quantitative estimate of drug-likeness (QED) is 0.411. The van der Waals surface area contributed by atoms with E-state index >= 15 is 0 Å². The van der Waals surface area contributed by atoms with Crippen LogP contribution in [0.4, 0.5) is 17.3 Å². The first kappa shape index (κ1) is 23.5. The van der Waals surface area contributed by atoms with Crippen LogP contribution in [0.15, 0.2) is 26.1 Å². The Morgan fingerprint density at radius 2 is 1.94 bits per heavy atom. The second kappa shape index (κ2) is 8.77. The number of rotatable bonds is 8. The van der Waals surface area contributed by atoms with Gasteiger partial charge in [0.25, 0.3) is 10.0 Å². The average molecular weight is 486 g/mol. The highest BCUT2D eigenvalue weighted by atomic mass is 32.2. The highest BCUT2D eigenvalue weighted by molar-refractivity contribution is 7.91. The fourth-order valence-corrected chi connectivity index (χ4v) is 6.15. The molecule has 9 nitrogen and oxygen atoms in total.